The van der Waals surface area contributed by atoms with Crippen LogP contribution in [0.2, 0.25) is 0 Å². The summed E-state index contributed by atoms with van der Waals surface area (Å²) < 4.78 is 0. The molecule has 1 unspecified atom stereocenters. The molecule has 0 saturated heterocycles. The van der Waals surface area contributed by atoms with Crippen molar-refractivity contribution in [1.82, 2.24) is 5.32 Å². The van der Waals surface area contributed by atoms with Gasteiger partial charge in [0, 0.05) is 18.3 Å². The zero-order valence-electron chi connectivity index (χ0n) is 9.39. The van der Waals surface area contributed by atoms with E-state index in [0.29, 0.717) is 11.4 Å². The average molecular weight is 215 g/mol. The Kier molecular flexibility index (Phi) is 3.34. The number of carbonyl (C=O) groups is 1. The zero-order chi connectivity index (χ0) is 11.4. The highest BCUT2D eigenvalue weighted by Crippen LogP contribution is 2.21. The van der Waals surface area contributed by atoms with E-state index in [1.807, 2.05) is 12.2 Å². The molecule has 1 heterocycles. The Hall–Kier alpha value is -1.64. The summed E-state index contributed by atoms with van der Waals surface area (Å²) in [5.74, 6) is 0.719. The third-order valence-electron chi connectivity index (χ3n) is 2.78. The lowest BCUT2D eigenvalue weighted by atomic mass is 9.88. The Morgan fingerprint density at radius 3 is 2.94 bits per heavy atom. The SMILES string of the molecule is CCCCC1C=CC=C(C2=NC=C[N]2)C1=O. The van der Waals surface area contributed by atoms with Gasteiger partial charge in [-0.1, -0.05) is 31.9 Å². The third-order valence-corrected chi connectivity index (χ3v) is 2.78. The van der Waals surface area contributed by atoms with Crippen LogP contribution in [0.1, 0.15) is 26.2 Å². The predicted octanol–water partition coefficient (Wildman–Crippen LogP) is 2.35. The second-order valence-corrected chi connectivity index (χ2v) is 3.96. The van der Waals surface area contributed by atoms with Crippen molar-refractivity contribution >= 4 is 11.6 Å². The van der Waals surface area contributed by atoms with Crippen molar-refractivity contribution in [3.05, 3.63) is 36.2 Å². The fourth-order valence-corrected chi connectivity index (χ4v) is 1.87. The number of unbranched alkanes of at least 4 members (excludes halogenated alkanes) is 1. The number of carbonyl (C=O) groups excluding carboxylic acids is 1. The molecule has 2 rings (SSSR count). The summed E-state index contributed by atoms with van der Waals surface area (Å²) in [6, 6.07) is 0. The number of hydrogen-bond donors (Lipinski definition) is 0. The number of amidine groups is 1. The molecule has 0 bridgehead atoms. The number of Topliss-reactive ketones (excluding diaryl/α,β-unsaturated/α-hetero) is 1. The minimum absolute atomic E-state index is 0.0125. The Labute approximate surface area is 95.6 Å². The smallest absolute Gasteiger partial charge is 0.173 e. The first-order valence-corrected chi connectivity index (χ1v) is 5.69. The number of rotatable bonds is 4. The lowest BCUT2D eigenvalue weighted by Gasteiger charge is -2.16. The highest BCUT2D eigenvalue weighted by atomic mass is 16.1. The van der Waals surface area contributed by atoms with Crippen LogP contribution in [-0.2, 0) is 4.79 Å². The molecule has 16 heavy (non-hydrogen) atoms. The molecule has 0 N–H and O–H groups in total. The molecule has 83 valence electrons. The number of aliphatic imine (C=N–C) groups is 1. The van der Waals surface area contributed by atoms with E-state index in [4.69, 9.17) is 0 Å². The van der Waals surface area contributed by atoms with Crippen LogP contribution in [0, 0.1) is 5.92 Å². The van der Waals surface area contributed by atoms with Crippen LogP contribution in [0.15, 0.2) is 41.2 Å². The van der Waals surface area contributed by atoms with Gasteiger partial charge in [-0.15, -0.1) is 0 Å². The van der Waals surface area contributed by atoms with Gasteiger partial charge >= 0.3 is 0 Å². The molecule has 0 aromatic carbocycles. The van der Waals surface area contributed by atoms with Gasteiger partial charge < -0.3 is 0 Å². The maximum atomic E-state index is 12.1. The van der Waals surface area contributed by atoms with Gasteiger partial charge in [-0.25, -0.2) is 10.3 Å². The molecule has 0 saturated carbocycles. The van der Waals surface area contributed by atoms with Crippen molar-refractivity contribution in [2.45, 2.75) is 26.2 Å². The normalized spacial score (nSPS) is 23.1. The van der Waals surface area contributed by atoms with Crippen LogP contribution >= 0.6 is 0 Å². The second kappa shape index (κ2) is 4.92. The van der Waals surface area contributed by atoms with Crippen molar-refractivity contribution in [3.63, 3.8) is 0 Å². The minimum atomic E-state index is 0.0125. The molecule has 1 radical (unpaired) electrons. The summed E-state index contributed by atoms with van der Waals surface area (Å²) in [5.41, 5.74) is 0.647. The molecule has 0 fully saturated rings. The van der Waals surface area contributed by atoms with E-state index in [-0.39, 0.29) is 11.7 Å². The highest BCUT2D eigenvalue weighted by molar-refractivity contribution is 6.23. The van der Waals surface area contributed by atoms with Gasteiger partial charge in [-0.2, -0.15) is 0 Å². The van der Waals surface area contributed by atoms with Gasteiger partial charge in [0.05, 0.1) is 5.57 Å². The van der Waals surface area contributed by atoms with E-state index >= 15 is 0 Å². The lowest BCUT2D eigenvalue weighted by molar-refractivity contribution is -0.117. The monoisotopic (exact) mass is 215 g/mol. The van der Waals surface area contributed by atoms with E-state index in [9.17, 15) is 4.79 Å². The molecule has 3 heteroatoms. The van der Waals surface area contributed by atoms with Crippen molar-refractivity contribution in [1.29, 1.82) is 0 Å². The first kappa shape index (κ1) is 10.9. The summed E-state index contributed by atoms with van der Waals surface area (Å²) in [7, 11) is 0. The third kappa shape index (κ3) is 2.13. The van der Waals surface area contributed by atoms with Crippen molar-refractivity contribution in [2.75, 3.05) is 0 Å². The number of hydrogen-bond acceptors (Lipinski definition) is 2. The van der Waals surface area contributed by atoms with Crippen LogP contribution < -0.4 is 5.32 Å². The molecule has 0 aromatic heterocycles. The van der Waals surface area contributed by atoms with Crippen LogP contribution in [0.3, 0.4) is 0 Å². The molecule has 2 aliphatic rings. The molecular weight excluding hydrogens is 200 g/mol. The van der Waals surface area contributed by atoms with E-state index in [2.05, 4.69) is 17.2 Å². The summed E-state index contributed by atoms with van der Waals surface area (Å²) in [6.07, 6.45) is 12.1. The van der Waals surface area contributed by atoms with Gasteiger partial charge in [0.25, 0.3) is 0 Å². The van der Waals surface area contributed by atoms with Gasteiger partial charge in [0.15, 0.2) is 11.6 Å². The Morgan fingerprint density at radius 2 is 2.25 bits per heavy atom. The minimum Gasteiger partial charge on any atom is -0.293 e. The summed E-state index contributed by atoms with van der Waals surface area (Å²) in [4.78, 5) is 16.2. The first-order valence-electron chi connectivity index (χ1n) is 5.69. The lowest BCUT2D eigenvalue weighted by Crippen LogP contribution is -2.25. The molecule has 1 aliphatic carbocycles. The fraction of sp³-hybridized carbons (Fsp3) is 0.385. The summed E-state index contributed by atoms with van der Waals surface area (Å²) >= 11 is 0. The predicted molar refractivity (Wildman–Crippen MR) is 64.0 cm³/mol. The van der Waals surface area contributed by atoms with E-state index in [1.165, 1.54) is 0 Å². The van der Waals surface area contributed by atoms with Gasteiger partial charge in [0.2, 0.25) is 0 Å². The molecular formula is C13H15N2O. The molecule has 1 aliphatic heterocycles. The topological polar surface area (TPSA) is 43.5 Å². The highest BCUT2D eigenvalue weighted by Gasteiger charge is 2.25. The zero-order valence-corrected chi connectivity index (χ0v) is 9.39. The standard InChI is InChI=1S/C13H15N2O/c1-2-3-5-10-6-4-7-11(12(10)16)13-14-8-9-15-13/h4,6-10H,2-3,5H2,1H3. The molecule has 0 spiro atoms. The summed E-state index contributed by atoms with van der Waals surface area (Å²) in [5, 5.41) is 4.07. The molecule has 0 amide bonds. The van der Waals surface area contributed by atoms with E-state index in [1.54, 1.807) is 18.5 Å². The van der Waals surface area contributed by atoms with Crippen molar-refractivity contribution in [2.24, 2.45) is 10.9 Å². The summed E-state index contributed by atoms with van der Waals surface area (Å²) in [6.45, 7) is 2.13. The number of allylic oxidation sites excluding steroid dienone is 3. The Balaban J connectivity index is 2.07. The molecule has 3 nitrogen and oxygen atoms in total. The maximum absolute atomic E-state index is 12.1. The van der Waals surface area contributed by atoms with E-state index < -0.39 is 0 Å². The first-order chi connectivity index (χ1) is 7.83. The van der Waals surface area contributed by atoms with Crippen molar-refractivity contribution in [3.8, 4) is 0 Å². The Morgan fingerprint density at radius 1 is 1.38 bits per heavy atom. The fourth-order valence-electron chi connectivity index (χ4n) is 1.87. The van der Waals surface area contributed by atoms with Gasteiger partial charge in [-0.05, 0) is 12.5 Å². The maximum Gasteiger partial charge on any atom is 0.173 e. The van der Waals surface area contributed by atoms with Gasteiger partial charge in [-0.3, -0.25) is 4.79 Å². The number of ketones is 1. The Bertz CT molecular complexity index is 402. The van der Waals surface area contributed by atoms with Gasteiger partial charge in [0.1, 0.15) is 0 Å². The second-order valence-electron chi connectivity index (χ2n) is 3.96. The average Bonchev–Trinajstić information content (AvgIpc) is 2.81. The van der Waals surface area contributed by atoms with Crippen LogP contribution in [0.4, 0.5) is 0 Å². The van der Waals surface area contributed by atoms with Crippen LogP contribution in [0.25, 0.3) is 0 Å². The quantitative estimate of drug-likeness (QED) is 0.709. The number of nitrogens with zero attached hydrogens (tertiary/aromatic N) is 2. The molecule has 0 aromatic rings. The largest absolute Gasteiger partial charge is 0.293 e. The van der Waals surface area contributed by atoms with Crippen LogP contribution in [0.5, 0.6) is 0 Å². The van der Waals surface area contributed by atoms with E-state index in [0.717, 1.165) is 19.3 Å². The van der Waals surface area contributed by atoms with Crippen molar-refractivity contribution < 1.29 is 4.79 Å². The van der Waals surface area contributed by atoms with Crippen LogP contribution in [-0.4, -0.2) is 11.6 Å². The molecule has 1 atom stereocenters.